The van der Waals surface area contributed by atoms with E-state index in [4.69, 9.17) is 35.2 Å². The Morgan fingerprint density at radius 1 is 1.10 bits per heavy atom. The second-order valence-electron chi connectivity index (χ2n) is 19.4. The molecule has 20 nitrogen and oxygen atoms in total. The van der Waals surface area contributed by atoms with Crippen LogP contribution in [-0.2, 0) is 45.5 Å². The van der Waals surface area contributed by atoms with Crippen molar-refractivity contribution in [1.82, 2.24) is 39.7 Å². The number of benzene rings is 1. The Hall–Kier alpha value is -5.32. The standard InChI is InChI=1S/C48H71FN10O10/c1-11-16-33-39-48(59-22-19-37(51)53-44(59)63,69-45(64)58(39)21-14-13-20-57-27-34(54-55-57)31-17-15-18-32(50)24-31)36(12-2)67-43(62)47(7,49)40(61)30(5)41(46(6,65-10)25-28(3)26-52-33)68-42-38(60)35(56(8)9)23-29(4)66-42/h11,15,17-19,22,24,27-30,33,35-36,38-39,41-42,52,60H,1,12-14,16,20-21,23,25-26,50H2,2-10H3,(H2,51,53,63)/t28-,29-,30+,33-,35?,36-,38?,39-,41-,42+,46-,47+,48-/m1/s1. The zero-order valence-corrected chi connectivity index (χ0v) is 41.2. The number of alkyl halides is 1. The highest BCUT2D eigenvalue weighted by Crippen LogP contribution is 2.44. The number of nitrogens with one attached hydrogen (secondary N) is 1. The number of halogens is 1. The van der Waals surface area contributed by atoms with Crippen LogP contribution in [0.5, 0.6) is 0 Å². The number of nitrogens with two attached hydrogens (primary N) is 2. The van der Waals surface area contributed by atoms with Crippen LogP contribution < -0.4 is 22.5 Å². The lowest BCUT2D eigenvalue weighted by molar-refractivity contribution is -0.295. The minimum absolute atomic E-state index is 0.0917. The predicted molar refractivity (Wildman–Crippen MR) is 254 cm³/mol. The molecule has 3 aliphatic heterocycles. The van der Waals surface area contributed by atoms with Crippen molar-refractivity contribution in [3.05, 3.63) is 65.9 Å². The van der Waals surface area contributed by atoms with E-state index >= 15 is 4.39 Å². The van der Waals surface area contributed by atoms with E-state index < -0.39 is 83.1 Å². The van der Waals surface area contributed by atoms with Crippen LogP contribution in [0.4, 0.5) is 20.7 Å². The van der Waals surface area contributed by atoms with E-state index in [1.54, 1.807) is 42.9 Å². The number of cyclic esters (lactones) is 1. The summed E-state index contributed by atoms with van der Waals surface area (Å²) in [6, 6.07) is 6.36. The number of Topliss-reactive ketones (excluding diaryl/α,β-unsaturated/α-hetero) is 1. The third-order valence-corrected chi connectivity index (χ3v) is 13.9. The molecule has 3 saturated heterocycles. The summed E-state index contributed by atoms with van der Waals surface area (Å²) in [4.78, 5) is 65.2. The molecule has 3 fully saturated rings. The van der Waals surface area contributed by atoms with Gasteiger partial charge in [0.1, 0.15) is 23.7 Å². The predicted octanol–water partition coefficient (Wildman–Crippen LogP) is 3.67. The molecule has 13 atom stereocenters. The van der Waals surface area contributed by atoms with Gasteiger partial charge in [-0.05, 0) is 104 Å². The number of nitrogen functional groups attached to an aromatic ring is 2. The Kier molecular flexibility index (Phi) is 16.7. The number of unbranched alkanes of at least 4 members (excludes halogenated alkanes) is 1. The molecule has 0 bridgehead atoms. The molecule has 2 aromatic heterocycles. The maximum Gasteiger partial charge on any atom is 0.412 e. The highest BCUT2D eigenvalue weighted by Gasteiger charge is 2.65. The number of rotatable bonds is 14. The van der Waals surface area contributed by atoms with E-state index in [0.717, 1.165) is 17.1 Å². The SMILES string of the molecule is C=CC[C@H]1NC[C@H](C)C[C@@](C)(OC)[C@H](O[C@@H]2O[C@H](C)CC(N(C)C)C2O)[C@@H](C)C(=O)[C@](C)(F)C(=O)O[C@H](CC)[C@@]2(n3ccc(N)nc3=O)OC(=O)N(CCCCn3cc(-c4cccc(N)c4)nn3)[C@H]12. The van der Waals surface area contributed by atoms with Crippen LogP contribution >= 0.6 is 0 Å². The fourth-order valence-electron chi connectivity index (χ4n) is 10.3. The minimum atomic E-state index is -3.34. The number of fused-ring (bicyclic) bond motifs is 1. The number of esters is 1. The van der Waals surface area contributed by atoms with E-state index in [1.165, 1.54) is 31.2 Å². The highest BCUT2D eigenvalue weighted by molar-refractivity contribution is 6.07. The van der Waals surface area contributed by atoms with E-state index in [0.29, 0.717) is 37.2 Å². The monoisotopic (exact) mass is 967 g/mol. The summed E-state index contributed by atoms with van der Waals surface area (Å²) in [6.07, 6.45) is -0.00343. The molecule has 6 N–H and O–H groups in total. The molecular formula is C48H71FN10O10. The molecule has 3 aromatic rings. The lowest BCUT2D eigenvalue weighted by Gasteiger charge is -2.47. The molecule has 69 heavy (non-hydrogen) atoms. The minimum Gasteiger partial charge on any atom is -0.453 e. The summed E-state index contributed by atoms with van der Waals surface area (Å²) in [5.41, 5.74) is 6.19. The van der Waals surface area contributed by atoms with Crippen molar-refractivity contribution in [2.75, 3.05) is 45.8 Å². The first-order chi connectivity index (χ1) is 32.6. The number of amides is 1. The number of aryl methyl sites for hydroxylation is 1. The number of aromatic nitrogens is 5. The zero-order valence-electron chi connectivity index (χ0n) is 41.2. The number of hydrogen-bond acceptors (Lipinski definition) is 17. The van der Waals surface area contributed by atoms with Crippen LogP contribution in [0.15, 0.2) is 60.2 Å². The van der Waals surface area contributed by atoms with E-state index in [1.807, 2.05) is 45.0 Å². The molecule has 21 heteroatoms. The van der Waals surface area contributed by atoms with E-state index in [2.05, 4.69) is 27.2 Å². The first kappa shape index (κ1) is 53.0. The molecule has 0 spiro atoms. The smallest absolute Gasteiger partial charge is 0.412 e. The van der Waals surface area contributed by atoms with Crippen molar-refractivity contribution >= 4 is 29.4 Å². The number of likely N-dealkylation sites (N-methyl/N-ethyl adjacent to an activating group) is 1. The number of ketones is 1. The number of aliphatic hydroxyl groups excluding tert-OH is 1. The molecule has 3 aliphatic rings. The first-order valence-corrected chi connectivity index (χ1v) is 23.7. The van der Waals surface area contributed by atoms with Gasteiger partial charge in [-0.1, -0.05) is 44.2 Å². The summed E-state index contributed by atoms with van der Waals surface area (Å²) in [5.74, 6) is -4.59. The topological polar surface area (TPSA) is 254 Å². The molecule has 5 heterocycles. The number of aliphatic hydroxyl groups is 1. The molecule has 0 saturated carbocycles. The van der Waals surface area contributed by atoms with Crippen LogP contribution in [0.2, 0.25) is 0 Å². The number of hydrogen-bond donors (Lipinski definition) is 4. The average molecular weight is 967 g/mol. The van der Waals surface area contributed by atoms with E-state index in [9.17, 15) is 24.3 Å². The summed E-state index contributed by atoms with van der Waals surface area (Å²) < 4.78 is 51.7. The van der Waals surface area contributed by atoms with Gasteiger partial charge in [-0.3, -0.25) is 18.9 Å². The van der Waals surface area contributed by atoms with Crippen LogP contribution in [0.25, 0.3) is 11.3 Å². The fourth-order valence-corrected chi connectivity index (χ4v) is 10.3. The molecule has 1 amide bonds. The number of nitrogens with zero attached hydrogens (tertiary/aromatic N) is 7. The second kappa shape index (κ2) is 21.8. The van der Waals surface area contributed by atoms with Crippen molar-refractivity contribution in [3.63, 3.8) is 0 Å². The number of carbonyl (C=O) groups excluding carboxylic acids is 3. The Morgan fingerprint density at radius 3 is 2.48 bits per heavy atom. The van der Waals surface area contributed by atoms with E-state index in [-0.39, 0.29) is 56.2 Å². The first-order valence-electron chi connectivity index (χ1n) is 23.7. The molecular weight excluding hydrogens is 896 g/mol. The number of methoxy groups -OCH3 is 1. The maximum absolute atomic E-state index is 17.5. The number of ether oxygens (including phenoxy) is 5. The van der Waals surface area contributed by atoms with Gasteiger partial charge in [0, 0.05) is 55.6 Å². The molecule has 380 valence electrons. The lowest BCUT2D eigenvalue weighted by atomic mass is 9.78. The van der Waals surface area contributed by atoms with Gasteiger partial charge in [0.05, 0.1) is 24.0 Å². The van der Waals surface area contributed by atoms with Gasteiger partial charge in [0.25, 0.3) is 11.4 Å². The third kappa shape index (κ3) is 11.0. The lowest BCUT2D eigenvalue weighted by Crippen LogP contribution is -2.66. The Morgan fingerprint density at radius 2 is 1.83 bits per heavy atom. The Balaban J connectivity index is 1.41. The third-order valence-electron chi connectivity index (χ3n) is 13.9. The van der Waals surface area contributed by atoms with Gasteiger partial charge in [0.15, 0.2) is 18.2 Å². The van der Waals surface area contributed by atoms with Crippen LogP contribution in [-0.4, -0.2) is 152 Å². The molecule has 0 aliphatic carbocycles. The molecule has 1 aromatic carbocycles. The van der Waals surface area contributed by atoms with Crippen molar-refractivity contribution in [2.45, 2.75) is 152 Å². The quantitative estimate of drug-likeness (QED) is 0.0591. The summed E-state index contributed by atoms with van der Waals surface area (Å²) >= 11 is 0. The van der Waals surface area contributed by atoms with Crippen molar-refractivity contribution in [3.8, 4) is 11.3 Å². The zero-order chi connectivity index (χ0) is 50.6. The van der Waals surface area contributed by atoms with Crippen LogP contribution in [0, 0.1) is 11.8 Å². The Labute approximate surface area is 402 Å². The normalized spacial score (nSPS) is 33.9. The van der Waals surface area contributed by atoms with Crippen molar-refractivity contribution in [2.24, 2.45) is 11.8 Å². The van der Waals surface area contributed by atoms with Gasteiger partial charge < -0.3 is 50.5 Å². The number of carbonyl (C=O) groups is 3. The number of anilines is 2. The van der Waals surface area contributed by atoms with Gasteiger partial charge in [-0.2, -0.15) is 4.98 Å². The summed E-state index contributed by atoms with van der Waals surface area (Å²) in [7, 11) is 5.11. The van der Waals surface area contributed by atoms with Gasteiger partial charge in [-0.15, -0.1) is 11.7 Å². The highest BCUT2D eigenvalue weighted by atomic mass is 19.1. The van der Waals surface area contributed by atoms with Crippen molar-refractivity contribution in [1.29, 1.82) is 0 Å². The largest absolute Gasteiger partial charge is 0.453 e. The van der Waals surface area contributed by atoms with Gasteiger partial charge in [0.2, 0.25) is 0 Å². The van der Waals surface area contributed by atoms with Crippen LogP contribution in [0.3, 0.4) is 0 Å². The summed E-state index contributed by atoms with van der Waals surface area (Å²) in [5, 5.41) is 23.8. The molecule has 0 radical (unpaired) electrons. The maximum atomic E-state index is 17.5. The van der Waals surface area contributed by atoms with Gasteiger partial charge in [-0.25, -0.2) is 18.8 Å². The molecule has 6 rings (SSSR count). The second-order valence-corrected chi connectivity index (χ2v) is 19.4. The molecule has 2 unspecified atom stereocenters. The van der Waals surface area contributed by atoms with Crippen molar-refractivity contribution < 1.29 is 47.6 Å². The van der Waals surface area contributed by atoms with Crippen LogP contribution in [0.1, 0.15) is 80.1 Å². The van der Waals surface area contributed by atoms with Gasteiger partial charge >= 0.3 is 17.8 Å². The Bertz CT molecular complexity index is 2350. The average Bonchev–Trinajstić information content (AvgIpc) is 3.89. The summed E-state index contributed by atoms with van der Waals surface area (Å²) in [6.45, 7) is 14.2. The fraction of sp³-hybridized carbons (Fsp3) is 0.646.